The van der Waals surface area contributed by atoms with E-state index in [1.807, 2.05) is 19.9 Å². The van der Waals surface area contributed by atoms with Crippen LogP contribution in [0.4, 0.5) is 5.69 Å². The van der Waals surface area contributed by atoms with Crippen LogP contribution in [0.3, 0.4) is 0 Å². The molecule has 0 aromatic heterocycles. The molecule has 0 atom stereocenters. The molecule has 4 nitrogen and oxygen atoms in total. The van der Waals surface area contributed by atoms with E-state index in [0.29, 0.717) is 18.4 Å². The predicted molar refractivity (Wildman–Crippen MR) is 114 cm³/mol. The minimum Gasteiger partial charge on any atom is -0.478 e. The van der Waals surface area contributed by atoms with E-state index in [0.717, 1.165) is 28.4 Å². The number of benzene rings is 1. The monoisotopic (exact) mass is 639 g/mol. The molecule has 0 spiro atoms. The van der Waals surface area contributed by atoms with Crippen LogP contribution in [0.2, 0.25) is 0 Å². The average molecular weight is 639 g/mol. The quantitative estimate of drug-likeness (QED) is 0.336. The van der Waals surface area contributed by atoms with Crippen molar-refractivity contribution in [3.63, 3.8) is 0 Å². The van der Waals surface area contributed by atoms with Crippen molar-refractivity contribution < 1.29 is 14.7 Å². The Morgan fingerprint density at radius 1 is 1.23 bits per heavy atom. The van der Waals surface area contributed by atoms with E-state index in [4.69, 9.17) is 0 Å². The van der Waals surface area contributed by atoms with Crippen molar-refractivity contribution in [3.8, 4) is 0 Å². The second-order valence-corrected chi connectivity index (χ2v) is 7.97. The fourth-order valence-electron chi connectivity index (χ4n) is 1.77. The van der Waals surface area contributed by atoms with Crippen LogP contribution < -0.4 is 5.32 Å². The number of carbonyl (C=O) groups is 2. The van der Waals surface area contributed by atoms with Gasteiger partial charge in [-0.1, -0.05) is 13.8 Å². The normalized spacial score (nSPS) is 11.4. The lowest BCUT2D eigenvalue weighted by molar-refractivity contribution is -0.132. The molecular formula is C15H16I3NO3. The van der Waals surface area contributed by atoms with Gasteiger partial charge < -0.3 is 10.4 Å². The predicted octanol–water partition coefficient (Wildman–Crippen LogP) is 5.12. The maximum Gasteiger partial charge on any atom is 0.331 e. The summed E-state index contributed by atoms with van der Waals surface area (Å²) in [5.41, 5.74) is 1.95. The zero-order valence-corrected chi connectivity index (χ0v) is 18.6. The number of hydrogen-bond acceptors (Lipinski definition) is 2. The van der Waals surface area contributed by atoms with Gasteiger partial charge in [0.2, 0.25) is 5.91 Å². The van der Waals surface area contributed by atoms with Crippen LogP contribution >= 0.6 is 67.8 Å². The Hall–Kier alpha value is 0.0900. The van der Waals surface area contributed by atoms with Crippen LogP contribution in [-0.2, 0) is 9.59 Å². The molecule has 1 amide bonds. The first-order chi connectivity index (χ1) is 10.3. The van der Waals surface area contributed by atoms with Crippen molar-refractivity contribution in [1.29, 1.82) is 0 Å². The summed E-state index contributed by atoms with van der Waals surface area (Å²) in [6, 6.07) is 1.95. The summed E-state index contributed by atoms with van der Waals surface area (Å²) in [5.74, 6) is -0.937. The SMILES string of the molecule is CCCC(=O)Nc1c(I)cc(I)c(C=C(CC)C(=O)O)c1I. The van der Waals surface area contributed by atoms with E-state index < -0.39 is 5.97 Å². The molecule has 0 unspecified atom stereocenters. The Labute approximate surface area is 170 Å². The highest BCUT2D eigenvalue weighted by molar-refractivity contribution is 14.1. The van der Waals surface area contributed by atoms with Gasteiger partial charge in [0, 0.05) is 28.3 Å². The summed E-state index contributed by atoms with van der Waals surface area (Å²) in [4.78, 5) is 23.1. The zero-order valence-electron chi connectivity index (χ0n) is 12.2. The van der Waals surface area contributed by atoms with Crippen molar-refractivity contribution in [2.45, 2.75) is 33.1 Å². The number of hydrogen-bond donors (Lipinski definition) is 2. The van der Waals surface area contributed by atoms with Crippen molar-refractivity contribution in [1.82, 2.24) is 0 Å². The van der Waals surface area contributed by atoms with E-state index in [1.165, 1.54) is 0 Å². The highest BCUT2D eigenvalue weighted by Gasteiger charge is 2.16. The maximum atomic E-state index is 11.9. The third-order valence-corrected chi connectivity index (χ3v) is 5.78. The molecule has 1 aromatic carbocycles. The molecule has 22 heavy (non-hydrogen) atoms. The molecule has 0 saturated heterocycles. The maximum absolute atomic E-state index is 11.9. The van der Waals surface area contributed by atoms with Gasteiger partial charge in [-0.15, -0.1) is 0 Å². The van der Waals surface area contributed by atoms with Crippen molar-refractivity contribution in [2.24, 2.45) is 0 Å². The van der Waals surface area contributed by atoms with Crippen LogP contribution in [0, 0.1) is 10.7 Å². The summed E-state index contributed by atoms with van der Waals surface area (Å²) in [7, 11) is 0. The van der Waals surface area contributed by atoms with Gasteiger partial charge in [-0.2, -0.15) is 0 Å². The lowest BCUT2D eigenvalue weighted by Gasteiger charge is -2.14. The van der Waals surface area contributed by atoms with Gasteiger partial charge in [0.05, 0.1) is 5.69 Å². The summed E-state index contributed by atoms with van der Waals surface area (Å²) in [6.07, 6.45) is 3.40. The van der Waals surface area contributed by atoms with Crippen LogP contribution in [0.15, 0.2) is 11.6 Å². The Morgan fingerprint density at radius 2 is 1.86 bits per heavy atom. The third kappa shape index (κ3) is 5.32. The Kier molecular flexibility index (Phi) is 8.60. The lowest BCUT2D eigenvalue weighted by Crippen LogP contribution is -2.14. The molecule has 0 saturated carbocycles. The van der Waals surface area contributed by atoms with E-state index in [-0.39, 0.29) is 5.91 Å². The number of aliphatic carboxylic acids is 1. The molecule has 1 rings (SSSR count). The molecule has 2 N–H and O–H groups in total. The minimum atomic E-state index is -0.913. The van der Waals surface area contributed by atoms with Gasteiger partial charge in [0.1, 0.15) is 0 Å². The second-order valence-electron chi connectivity index (χ2n) is 4.57. The Balaban J connectivity index is 3.36. The molecule has 0 bridgehead atoms. The van der Waals surface area contributed by atoms with E-state index in [2.05, 4.69) is 73.1 Å². The fourth-order valence-corrected chi connectivity index (χ4v) is 5.72. The number of carbonyl (C=O) groups excluding carboxylic acids is 1. The largest absolute Gasteiger partial charge is 0.478 e. The lowest BCUT2D eigenvalue weighted by atomic mass is 10.1. The number of anilines is 1. The summed E-state index contributed by atoms with van der Waals surface area (Å²) < 4.78 is 2.78. The van der Waals surface area contributed by atoms with Gasteiger partial charge in [-0.3, -0.25) is 4.79 Å². The van der Waals surface area contributed by atoms with E-state index >= 15 is 0 Å². The van der Waals surface area contributed by atoms with Crippen LogP contribution in [0.1, 0.15) is 38.7 Å². The first-order valence-corrected chi connectivity index (χ1v) is 9.96. The molecule has 0 aliphatic carbocycles. The van der Waals surface area contributed by atoms with Crippen LogP contribution in [0.25, 0.3) is 6.08 Å². The Morgan fingerprint density at radius 3 is 2.36 bits per heavy atom. The van der Waals surface area contributed by atoms with Crippen molar-refractivity contribution >= 4 is 91.4 Å². The summed E-state index contributed by atoms with van der Waals surface area (Å²) >= 11 is 6.54. The van der Waals surface area contributed by atoms with E-state index in [9.17, 15) is 14.7 Å². The molecule has 1 aromatic rings. The van der Waals surface area contributed by atoms with Crippen molar-refractivity contribution in [2.75, 3.05) is 5.32 Å². The molecule has 120 valence electrons. The van der Waals surface area contributed by atoms with Crippen molar-refractivity contribution in [3.05, 3.63) is 27.9 Å². The fraction of sp³-hybridized carbons (Fsp3) is 0.333. The number of carboxylic acid groups (broad SMARTS) is 1. The van der Waals surface area contributed by atoms with Crippen LogP contribution in [-0.4, -0.2) is 17.0 Å². The van der Waals surface area contributed by atoms with Gasteiger partial charge in [-0.25, -0.2) is 4.79 Å². The van der Waals surface area contributed by atoms with Gasteiger partial charge in [-0.05, 0) is 92.8 Å². The molecule has 0 aliphatic heterocycles. The molecular weight excluding hydrogens is 623 g/mol. The smallest absolute Gasteiger partial charge is 0.331 e. The average Bonchev–Trinajstić information content (AvgIpc) is 2.43. The van der Waals surface area contributed by atoms with Gasteiger partial charge in [0.15, 0.2) is 0 Å². The molecule has 0 radical (unpaired) electrons. The highest BCUT2D eigenvalue weighted by Crippen LogP contribution is 2.33. The zero-order chi connectivity index (χ0) is 16.9. The summed E-state index contributed by atoms with van der Waals surface area (Å²) in [5, 5.41) is 12.1. The first kappa shape index (κ1) is 20.1. The number of nitrogens with one attached hydrogen (secondary N) is 1. The number of halogens is 3. The highest BCUT2D eigenvalue weighted by atomic mass is 127. The molecule has 0 fully saturated rings. The minimum absolute atomic E-state index is 0.0246. The van der Waals surface area contributed by atoms with Gasteiger partial charge >= 0.3 is 5.97 Å². The molecule has 0 aliphatic rings. The Bertz CT molecular complexity index is 627. The standard InChI is InChI=1S/C15H16I3NO3/c1-3-5-12(20)19-14-11(17)7-10(16)9(13(14)18)6-8(4-2)15(21)22/h6-7H,3-5H2,1-2H3,(H,19,20)(H,21,22). The van der Waals surface area contributed by atoms with E-state index in [1.54, 1.807) is 6.08 Å². The second kappa shape index (κ2) is 9.40. The number of amides is 1. The molecule has 7 heteroatoms. The third-order valence-electron chi connectivity index (χ3n) is 2.92. The number of carboxylic acids is 1. The van der Waals surface area contributed by atoms with Crippen LogP contribution in [0.5, 0.6) is 0 Å². The molecule has 0 heterocycles. The first-order valence-electron chi connectivity index (χ1n) is 6.72. The topological polar surface area (TPSA) is 66.4 Å². The number of rotatable bonds is 6. The van der Waals surface area contributed by atoms with Gasteiger partial charge in [0.25, 0.3) is 0 Å². The summed E-state index contributed by atoms with van der Waals surface area (Å²) in [6.45, 7) is 3.77.